The molecule has 0 unspecified atom stereocenters. The molecular formula is C26H26N4O4. The number of carbonyl (C=O) groups excluding carboxylic acids is 1. The van der Waals surface area contributed by atoms with Crippen LogP contribution < -0.4 is 15.6 Å². The first-order valence-corrected chi connectivity index (χ1v) is 11.3. The molecule has 0 spiro atoms. The van der Waals surface area contributed by atoms with E-state index < -0.39 is 11.5 Å². The first-order chi connectivity index (χ1) is 16.5. The van der Waals surface area contributed by atoms with Gasteiger partial charge in [0, 0.05) is 19.3 Å². The monoisotopic (exact) mass is 458 g/mol. The van der Waals surface area contributed by atoms with Crippen LogP contribution in [0.1, 0.15) is 36.5 Å². The average molecular weight is 459 g/mol. The van der Waals surface area contributed by atoms with Gasteiger partial charge in [-0.15, -0.1) is 0 Å². The number of hydrogen-bond donors (Lipinski definition) is 1. The third-order valence-electron chi connectivity index (χ3n) is 5.76. The Morgan fingerprint density at radius 2 is 2.15 bits per heavy atom. The van der Waals surface area contributed by atoms with E-state index in [1.165, 1.54) is 10.5 Å². The first kappa shape index (κ1) is 23.2. The van der Waals surface area contributed by atoms with Crippen molar-refractivity contribution in [1.29, 1.82) is 5.26 Å². The molecule has 2 aromatic heterocycles. The molecule has 0 aliphatic carbocycles. The van der Waals surface area contributed by atoms with E-state index in [9.17, 15) is 14.9 Å². The number of ether oxygens (including phenoxy) is 2. The van der Waals surface area contributed by atoms with E-state index in [1.54, 1.807) is 24.4 Å². The van der Waals surface area contributed by atoms with E-state index in [1.807, 2.05) is 31.2 Å². The van der Waals surface area contributed by atoms with Crippen molar-refractivity contribution in [3.05, 3.63) is 75.2 Å². The molecule has 0 radical (unpaired) electrons. The number of benzene rings is 1. The van der Waals surface area contributed by atoms with Crippen molar-refractivity contribution in [3.8, 4) is 17.7 Å². The maximum absolute atomic E-state index is 13.4. The van der Waals surface area contributed by atoms with Crippen molar-refractivity contribution in [3.63, 3.8) is 0 Å². The molecule has 1 fully saturated rings. The maximum Gasteiger partial charge on any atom is 0.269 e. The second-order valence-electron chi connectivity index (χ2n) is 8.14. The van der Waals surface area contributed by atoms with Crippen LogP contribution in [-0.4, -0.2) is 34.5 Å². The van der Waals surface area contributed by atoms with Gasteiger partial charge < -0.3 is 14.8 Å². The van der Waals surface area contributed by atoms with Gasteiger partial charge in [0.25, 0.3) is 11.5 Å². The van der Waals surface area contributed by atoms with Gasteiger partial charge in [0.1, 0.15) is 28.6 Å². The van der Waals surface area contributed by atoms with Gasteiger partial charge in [-0.1, -0.05) is 25.1 Å². The zero-order valence-corrected chi connectivity index (χ0v) is 19.2. The molecule has 1 saturated heterocycles. The number of amides is 1. The van der Waals surface area contributed by atoms with E-state index in [0.29, 0.717) is 24.5 Å². The van der Waals surface area contributed by atoms with E-state index in [4.69, 9.17) is 9.47 Å². The highest BCUT2D eigenvalue weighted by Crippen LogP contribution is 2.25. The number of nitrogens with zero attached hydrogens (tertiary/aromatic N) is 3. The number of pyridine rings is 1. The molecule has 1 aliphatic heterocycles. The van der Waals surface area contributed by atoms with Crippen molar-refractivity contribution in [2.45, 2.75) is 39.2 Å². The molecule has 1 atom stereocenters. The highest BCUT2D eigenvalue weighted by molar-refractivity contribution is 6.01. The Labute approximate surface area is 197 Å². The molecule has 1 amide bonds. The lowest BCUT2D eigenvalue weighted by Gasteiger charge is -2.12. The topological polar surface area (TPSA) is 106 Å². The van der Waals surface area contributed by atoms with Crippen LogP contribution in [0.2, 0.25) is 0 Å². The molecule has 8 heteroatoms. The van der Waals surface area contributed by atoms with E-state index in [-0.39, 0.29) is 23.1 Å². The smallest absolute Gasteiger partial charge is 0.269 e. The summed E-state index contributed by atoms with van der Waals surface area (Å²) in [4.78, 5) is 30.6. The summed E-state index contributed by atoms with van der Waals surface area (Å²) >= 11 is 0. The van der Waals surface area contributed by atoms with Crippen LogP contribution in [-0.2, 0) is 16.0 Å². The molecule has 174 valence electrons. The number of aromatic nitrogens is 2. The quantitative estimate of drug-likeness (QED) is 0.429. The largest absolute Gasteiger partial charge is 0.438 e. The molecule has 1 aliphatic rings. The summed E-state index contributed by atoms with van der Waals surface area (Å²) in [7, 11) is 0. The minimum absolute atomic E-state index is 0.0199. The highest BCUT2D eigenvalue weighted by Gasteiger charge is 2.20. The minimum Gasteiger partial charge on any atom is -0.438 e. The molecule has 8 nitrogen and oxygen atoms in total. The van der Waals surface area contributed by atoms with Gasteiger partial charge >= 0.3 is 0 Å². The van der Waals surface area contributed by atoms with Crippen LogP contribution in [0.25, 0.3) is 11.7 Å². The minimum atomic E-state index is -0.579. The second-order valence-corrected chi connectivity index (χ2v) is 8.14. The van der Waals surface area contributed by atoms with Crippen LogP contribution in [0.3, 0.4) is 0 Å². The number of nitriles is 1. The van der Waals surface area contributed by atoms with Crippen LogP contribution in [0.4, 0.5) is 0 Å². The van der Waals surface area contributed by atoms with Gasteiger partial charge in [-0.25, -0.2) is 0 Å². The molecular weight excluding hydrogens is 432 g/mol. The lowest BCUT2D eigenvalue weighted by Crippen LogP contribution is -2.32. The Hall–Kier alpha value is -3.96. The predicted molar refractivity (Wildman–Crippen MR) is 128 cm³/mol. The highest BCUT2D eigenvalue weighted by atomic mass is 16.5. The van der Waals surface area contributed by atoms with Crippen LogP contribution >= 0.6 is 0 Å². The summed E-state index contributed by atoms with van der Waals surface area (Å²) in [6.45, 7) is 4.87. The summed E-state index contributed by atoms with van der Waals surface area (Å²) in [6.07, 6.45) is 5.46. The normalized spacial score (nSPS) is 15.8. The standard InChI is InChI=1S/C26H26N4O4/c1-3-18-8-10-20(11-9-18)34-25-22(26(32)30-12-4-6-17(2)23(30)29-25)14-19(15-27)24(31)28-16-21-7-5-13-33-21/h4,6,8-12,14,21H,3,5,7,13,16H2,1-2H3,(H,28,31)/b19-14+/t21-/m0/s1. The molecule has 0 saturated carbocycles. The Morgan fingerprint density at radius 1 is 1.35 bits per heavy atom. The van der Waals surface area contributed by atoms with Crippen LogP contribution in [0.5, 0.6) is 11.6 Å². The zero-order chi connectivity index (χ0) is 24.1. The Kier molecular flexibility index (Phi) is 7.04. The SMILES string of the molecule is CCc1ccc(Oc2nc3c(C)cccn3c(=O)c2/C=C(\C#N)C(=O)NC[C@@H]2CCCO2)cc1. The third-order valence-corrected chi connectivity index (χ3v) is 5.76. The molecule has 1 aromatic carbocycles. The fraction of sp³-hybridized carbons (Fsp3) is 0.308. The fourth-order valence-corrected chi connectivity index (χ4v) is 3.80. The fourth-order valence-electron chi connectivity index (χ4n) is 3.80. The Morgan fingerprint density at radius 3 is 2.82 bits per heavy atom. The summed E-state index contributed by atoms with van der Waals surface area (Å²) in [5, 5.41) is 12.4. The first-order valence-electron chi connectivity index (χ1n) is 11.3. The van der Waals surface area contributed by atoms with Crippen molar-refractivity contribution in [1.82, 2.24) is 14.7 Å². The molecule has 3 aromatic rings. The number of fused-ring (bicyclic) bond motifs is 1. The molecule has 1 N–H and O–H groups in total. The summed E-state index contributed by atoms with van der Waals surface area (Å²) in [6, 6.07) is 12.9. The van der Waals surface area contributed by atoms with Crippen molar-refractivity contribution in [2.75, 3.05) is 13.2 Å². The average Bonchev–Trinajstić information content (AvgIpc) is 3.37. The van der Waals surface area contributed by atoms with Crippen molar-refractivity contribution < 1.29 is 14.3 Å². The number of aryl methyl sites for hydroxylation is 2. The van der Waals surface area contributed by atoms with Crippen molar-refractivity contribution in [2.24, 2.45) is 0 Å². The Balaban J connectivity index is 1.74. The van der Waals surface area contributed by atoms with Gasteiger partial charge in [-0.3, -0.25) is 14.0 Å². The van der Waals surface area contributed by atoms with Gasteiger partial charge in [-0.05, 0) is 61.6 Å². The molecule has 0 bridgehead atoms. The van der Waals surface area contributed by atoms with Crippen molar-refractivity contribution >= 4 is 17.6 Å². The van der Waals surface area contributed by atoms with E-state index >= 15 is 0 Å². The van der Waals surface area contributed by atoms with Gasteiger partial charge in [0.15, 0.2) is 0 Å². The van der Waals surface area contributed by atoms with Gasteiger partial charge in [0.05, 0.1) is 6.10 Å². The Bertz CT molecular complexity index is 1330. The second kappa shape index (κ2) is 10.3. The molecule has 4 rings (SSSR count). The summed E-state index contributed by atoms with van der Waals surface area (Å²) in [5.41, 5.74) is 1.74. The summed E-state index contributed by atoms with van der Waals surface area (Å²) in [5.74, 6) is -0.0498. The van der Waals surface area contributed by atoms with Crippen LogP contribution in [0.15, 0.2) is 53.0 Å². The van der Waals surface area contributed by atoms with Gasteiger partial charge in [0.2, 0.25) is 5.88 Å². The number of carbonyl (C=O) groups is 1. The molecule has 3 heterocycles. The summed E-state index contributed by atoms with van der Waals surface area (Å²) < 4.78 is 12.9. The zero-order valence-electron chi connectivity index (χ0n) is 19.2. The number of rotatable bonds is 7. The van der Waals surface area contributed by atoms with E-state index in [2.05, 4.69) is 17.2 Å². The maximum atomic E-state index is 13.4. The number of hydrogen-bond acceptors (Lipinski definition) is 6. The molecule has 34 heavy (non-hydrogen) atoms. The third kappa shape index (κ3) is 5.00. The van der Waals surface area contributed by atoms with E-state index in [0.717, 1.165) is 30.4 Å². The van der Waals surface area contributed by atoms with Crippen LogP contribution in [0, 0.1) is 18.3 Å². The number of nitrogens with one attached hydrogen (secondary N) is 1. The van der Waals surface area contributed by atoms with Gasteiger partial charge in [-0.2, -0.15) is 10.2 Å². The lowest BCUT2D eigenvalue weighted by atomic mass is 10.1. The lowest BCUT2D eigenvalue weighted by molar-refractivity contribution is -0.117. The predicted octanol–water partition coefficient (Wildman–Crippen LogP) is 3.56.